The van der Waals surface area contributed by atoms with Gasteiger partial charge in [-0.2, -0.15) is 17.5 Å². The molecule has 0 unspecified atom stereocenters. The Morgan fingerprint density at radius 1 is 1.23 bits per heavy atom. The first-order chi connectivity index (χ1) is 13.8. The molecule has 0 amide bonds. The molecule has 2 rings (SSSR count). The van der Waals surface area contributed by atoms with Crippen molar-refractivity contribution in [3.8, 4) is 0 Å². The molecule has 1 aromatic carbocycles. The Morgan fingerprint density at radius 2 is 1.83 bits per heavy atom. The van der Waals surface area contributed by atoms with Crippen LogP contribution in [-0.4, -0.2) is 50.5 Å². The molecule has 0 bridgehead atoms. The minimum Gasteiger partial charge on any atom is -0.460 e. The van der Waals surface area contributed by atoms with Crippen LogP contribution in [0.2, 0.25) is 5.02 Å². The summed E-state index contributed by atoms with van der Waals surface area (Å²) in [5, 5.41) is -0.598. The minimum absolute atomic E-state index is 0.0808. The average molecular weight is 472 g/mol. The summed E-state index contributed by atoms with van der Waals surface area (Å²) in [5.41, 5.74) is -1.24. The SMILES string of the molecule is CC(C)OC(=O)COC(=O)C1CCN(S(=O)(=O)c2ccc(Cl)c(C(F)(F)F)c2)CC1. The topological polar surface area (TPSA) is 90.0 Å². The molecule has 1 fully saturated rings. The van der Waals surface area contributed by atoms with Gasteiger partial charge >= 0.3 is 18.1 Å². The molecule has 1 aliphatic rings. The lowest BCUT2D eigenvalue weighted by Crippen LogP contribution is -2.41. The van der Waals surface area contributed by atoms with E-state index in [1.807, 2.05) is 0 Å². The van der Waals surface area contributed by atoms with Crippen molar-refractivity contribution in [2.24, 2.45) is 5.92 Å². The first kappa shape index (κ1) is 24.4. The van der Waals surface area contributed by atoms with E-state index < -0.39 is 56.1 Å². The first-order valence-electron chi connectivity index (χ1n) is 9.05. The van der Waals surface area contributed by atoms with Gasteiger partial charge in [-0.05, 0) is 44.9 Å². The van der Waals surface area contributed by atoms with E-state index in [-0.39, 0.29) is 32.0 Å². The van der Waals surface area contributed by atoms with Crippen molar-refractivity contribution in [3.63, 3.8) is 0 Å². The molecule has 1 aliphatic heterocycles. The zero-order valence-electron chi connectivity index (χ0n) is 16.2. The van der Waals surface area contributed by atoms with Gasteiger partial charge in [0.05, 0.1) is 27.5 Å². The lowest BCUT2D eigenvalue weighted by molar-refractivity contribution is -0.164. The lowest BCUT2D eigenvalue weighted by atomic mass is 9.98. The second kappa shape index (κ2) is 9.52. The fourth-order valence-electron chi connectivity index (χ4n) is 2.91. The van der Waals surface area contributed by atoms with Gasteiger partial charge in [0.15, 0.2) is 6.61 Å². The molecule has 0 spiro atoms. The van der Waals surface area contributed by atoms with E-state index in [1.165, 1.54) is 0 Å². The number of hydrogen-bond donors (Lipinski definition) is 0. The van der Waals surface area contributed by atoms with Crippen LogP contribution in [0.5, 0.6) is 0 Å². The summed E-state index contributed by atoms with van der Waals surface area (Å²) in [6.45, 7) is 2.59. The molecule has 0 aliphatic carbocycles. The number of ether oxygens (including phenoxy) is 2. The maximum Gasteiger partial charge on any atom is 0.417 e. The monoisotopic (exact) mass is 471 g/mol. The predicted molar refractivity (Wildman–Crippen MR) is 100 cm³/mol. The van der Waals surface area contributed by atoms with Crippen LogP contribution in [0.25, 0.3) is 0 Å². The van der Waals surface area contributed by atoms with Crippen molar-refractivity contribution < 1.29 is 40.7 Å². The summed E-state index contributed by atoms with van der Waals surface area (Å²) in [7, 11) is -4.20. The number of nitrogens with zero attached hydrogens (tertiary/aromatic N) is 1. The minimum atomic E-state index is -4.80. The Labute approximate surface area is 177 Å². The van der Waals surface area contributed by atoms with Gasteiger partial charge in [-0.15, -0.1) is 0 Å². The largest absolute Gasteiger partial charge is 0.460 e. The van der Waals surface area contributed by atoms with Gasteiger partial charge in [0.25, 0.3) is 0 Å². The molecule has 0 N–H and O–H groups in total. The Kier molecular flexibility index (Phi) is 7.75. The van der Waals surface area contributed by atoms with Crippen LogP contribution in [0.4, 0.5) is 13.2 Å². The predicted octanol–water partition coefficient (Wildman–Crippen LogP) is 3.25. The number of carbonyl (C=O) groups is 2. The fourth-order valence-corrected chi connectivity index (χ4v) is 4.63. The Morgan fingerprint density at radius 3 is 2.37 bits per heavy atom. The van der Waals surface area contributed by atoms with Crippen molar-refractivity contribution in [2.45, 2.75) is 43.9 Å². The number of rotatable bonds is 6. The highest BCUT2D eigenvalue weighted by atomic mass is 35.5. The molecule has 0 saturated carbocycles. The van der Waals surface area contributed by atoms with E-state index in [0.29, 0.717) is 6.07 Å². The normalized spacial score (nSPS) is 16.5. The second-order valence-electron chi connectivity index (χ2n) is 6.96. The van der Waals surface area contributed by atoms with E-state index in [9.17, 15) is 31.2 Å². The van der Waals surface area contributed by atoms with Crippen molar-refractivity contribution in [3.05, 3.63) is 28.8 Å². The first-order valence-corrected chi connectivity index (χ1v) is 10.9. The summed E-state index contributed by atoms with van der Waals surface area (Å²) in [6.07, 6.45) is -4.93. The molecule has 7 nitrogen and oxygen atoms in total. The number of esters is 2. The van der Waals surface area contributed by atoms with Gasteiger partial charge in [-0.25, -0.2) is 13.2 Å². The summed E-state index contributed by atoms with van der Waals surface area (Å²) in [4.78, 5) is 23.0. The molecule has 1 saturated heterocycles. The average Bonchev–Trinajstić information content (AvgIpc) is 2.65. The zero-order valence-corrected chi connectivity index (χ0v) is 17.8. The number of sulfonamides is 1. The Hall–Kier alpha value is -1.85. The highest BCUT2D eigenvalue weighted by molar-refractivity contribution is 7.89. The zero-order chi connectivity index (χ0) is 22.7. The van der Waals surface area contributed by atoms with Gasteiger partial charge in [0, 0.05) is 13.1 Å². The molecule has 1 aromatic rings. The third-order valence-electron chi connectivity index (χ3n) is 4.37. The summed E-state index contributed by atoms with van der Waals surface area (Å²) >= 11 is 5.54. The van der Waals surface area contributed by atoms with Gasteiger partial charge < -0.3 is 9.47 Å². The van der Waals surface area contributed by atoms with E-state index >= 15 is 0 Å². The number of piperidine rings is 1. The Bertz CT molecular complexity index is 896. The quantitative estimate of drug-likeness (QED) is 0.592. The number of alkyl halides is 3. The molecule has 1 heterocycles. The summed E-state index contributed by atoms with van der Waals surface area (Å²) < 4.78 is 75.2. The molecule has 0 radical (unpaired) electrons. The molecule has 30 heavy (non-hydrogen) atoms. The van der Waals surface area contributed by atoms with Crippen LogP contribution in [0.1, 0.15) is 32.3 Å². The summed E-state index contributed by atoms with van der Waals surface area (Å²) in [6, 6.07) is 2.39. The van der Waals surface area contributed by atoms with Crippen molar-refractivity contribution in [2.75, 3.05) is 19.7 Å². The maximum atomic E-state index is 13.0. The van der Waals surface area contributed by atoms with Crippen molar-refractivity contribution in [1.29, 1.82) is 0 Å². The van der Waals surface area contributed by atoms with E-state index in [1.54, 1.807) is 13.8 Å². The van der Waals surface area contributed by atoms with Crippen LogP contribution >= 0.6 is 11.6 Å². The fraction of sp³-hybridized carbons (Fsp3) is 0.556. The van der Waals surface area contributed by atoms with Crippen LogP contribution in [0.15, 0.2) is 23.1 Å². The van der Waals surface area contributed by atoms with E-state index in [4.69, 9.17) is 21.1 Å². The number of benzene rings is 1. The molecular weight excluding hydrogens is 451 g/mol. The van der Waals surface area contributed by atoms with E-state index in [2.05, 4.69) is 0 Å². The third-order valence-corrected chi connectivity index (χ3v) is 6.59. The van der Waals surface area contributed by atoms with Crippen LogP contribution in [0, 0.1) is 5.92 Å². The summed E-state index contributed by atoms with van der Waals surface area (Å²) in [5.74, 6) is -1.97. The van der Waals surface area contributed by atoms with Crippen LogP contribution in [-0.2, 0) is 35.3 Å². The van der Waals surface area contributed by atoms with Crippen LogP contribution in [0.3, 0.4) is 0 Å². The highest BCUT2D eigenvalue weighted by Gasteiger charge is 2.37. The highest BCUT2D eigenvalue weighted by Crippen LogP contribution is 2.36. The Balaban J connectivity index is 2.00. The standard InChI is InChI=1S/C18H21ClF3NO6S/c1-11(2)29-16(24)10-28-17(25)12-5-7-23(8-6-12)30(26,27)13-3-4-15(19)14(9-13)18(20,21)22/h3-4,9,11-12H,5-8,10H2,1-2H3. The van der Waals surface area contributed by atoms with Crippen molar-refractivity contribution >= 4 is 33.6 Å². The molecule has 0 atom stereocenters. The van der Waals surface area contributed by atoms with Gasteiger partial charge in [0.2, 0.25) is 10.0 Å². The van der Waals surface area contributed by atoms with Gasteiger partial charge in [-0.1, -0.05) is 11.6 Å². The van der Waals surface area contributed by atoms with Crippen LogP contribution < -0.4 is 0 Å². The number of halogens is 4. The van der Waals surface area contributed by atoms with Crippen molar-refractivity contribution in [1.82, 2.24) is 4.31 Å². The molecular formula is C18H21ClF3NO6S. The lowest BCUT2D eigenvalue weighted by Gasteiger charge is -2.30. The maximum absolute atomic E-state index is 13.0. The number of carbonyl (C=O) groups excluding carboxylic acids is 2. The van der Waals surface area contributed by atoms with Gasteiger partial charge in [-0.3, -0.25) is 4.79 Å². The molecule has 12 heteroatoms. The molecule has 0 aromatic heterocycles. The van der Waals surface area contributed by atoms with Gasteiger partial charge in [0.1, 0.15) is 0 Å². The number of hydrogen-bond acceptors (Lipinski definition) is 6. The third kappa shape index (κ3) is 6.08. The molecule has 168 valence electrons. The second-order valence-corrected chi connectivity index (χ2v) is 9.31. The van der Waals surface area contributed by atoms with E-state index in [0.717, 1.165) is 16.4 Å². The smallest absolute Gasteiger partial charge is 0.417 e.